The molecule has 0 radical (unpaired) electrons. The maximum absolute atomic E-state index is 11.4. The van der Waals surface area contributed by atoms with E-state index in [4.69, 9.17) is 17.0 Å². The first-order chi connectivity index (χ1) is 7.68. The van der Waals surface area contributed by atoms with Gasteiger partial charge in [0.05, 0.1) is 6.61 Å². The first-order valence-electron chi connectivity index (χ1n) is 5.66. The number of carbonyl (C=O) groups excluding carboxylic acids is 1. The van der Waals surface area contributed by atoms with Crippen LogP contribution in [-0.4, -0.2) is 45.5 Å². The lowest BCUT2D eigenvalue weighted by molar-refractivity contribution is -0.151. The van der Waals surface area contributed by atoms with Crippen molar-refractivity contribution >= 4 is 23.3 Å². The van der Waals surface area contributed by atoms with Gasteiger partial charge in [-0.2, -0.15) is 0 Å². The van der Waals surface area contributed by atoms with E-state index in [2.05, 4.69) is 5.32 Å². The van der Waals surface area contributed by atoms with Crippen molar-refractivity contribution in [3.8, 4) is 0 Å². The van der Waals surface area contributed by atoms with Gasteiger partial charge in [0, 0.05) is 12.0 Å². The molecule has 6 heteroatoms. The van der Waals surface area contributed by atoms with Crippen LogP contribution < -0.4 is 5.32 Å². The third-order valence-corrected chi connectivity index (χ3v) is 2.96. The number of aliphatic hydroxyl groups is 1. The molecule has 1 rings (SSSR count). The Morgan fingerprint density at radius 3 is 2.65 bits per heavy atom. The summed E-state index contributed by atoms with van der Waals surface area (Å²) in [5.74, 6) is -0.392. The van der Waals surface area contributed by atoms with Gasteiger partial charge in [-0.3, -0.25) is 4.79 Å². The minimum Gasteiger partial charge on any atom is -0.465 e. The van der Waals surface area contributed by atoms with Crippen molar-refractivity contribution in [2.45, 2.75) is 45.4 Å². The maximum Gasteiger partial charge on any atom is 0.325 e. The quantitative estimate of drug-likeness (QED) is 0.573. The van der Waals surface area contributed by atoms with Gasteiger partial charge in [-0.1, -0.05) is 0 Å². The van der Waals surface area contributed by atoms with E-state index in [-0.39, 0.29) is 12.1 Å². The Balaban J connectivity index is 2.78. The summed E-state index contributed by atoms with van der Waals surface area (Å²) in [6.07, 6.45) is 0.472. The molecule has 0 aromatic heterocycles. The van der Waals surface area contributed by atoms with Crippen LogP contribution in [0.3, 0.4) is 0 Å². The van der Waals surface area contributed by atoms with Crippen LogP contribution in [-0.2, 0) is 9.53 Å². The Morgan fingerprint density at radius 1 is 1.59 bits per heavy atom. The molecule has 1 aliphatic rings. The van der Waals surface area contributed by atoms with Gasteiger partial charge in [-0.25, -0.2) is 0 Å². The van der Waals surface area contributed by atoms with Crippen LogP contribution in [0.1, 0.15) is 34.1 Å². The molecule has 1 atom stereocenters. The van der Waals surface area contributed by atoms with E-state index >= 15 is 0 Å². The highest BCUT2D eigenvalue weighted by molar-refractivity contribution is 7.80. The van der Waals surface area contributed by atoms with Crippen molar-refractivity contribution in [1.29, 1.82) is 0 Å². The van der Waals surface area contributed by atoms with Crippen LogP contribution in [0.15, 0.2) is 0 Å². The molecule has 1 unspecified atom stereocenters. The van der Waals surface area contributed by atoms with Crippen molar-refractivity contribution in [3.63, 3.8) is 0 Å². The molecular weight excluding hydrogens is 240 g/mol. The van der Waals surface area contributed by atoms with Crippen LogP contribution in [0.5, 0.6) is 0 Å². The number of ether oxygens (including phenoxy) is 1. The topological polar surface area (TPSA) is 61.8 Å². The Labute approximate surface area is 107 Å². The van der Waals surface area contributed by atoms with Gasteiger partial charge in [0.15, 0.2) is 5.11 Å². The van der Waals surface area contributed by atoms with E-state index in [1.807, 2.05) is 13.8 Å². The molecule has 0 aromatic carbocycles. The van der Waals surface area contributed by atoms with E-state index in [1.165, 1.54) is 4.90 Å². The number of thiocarbonyl (C=S) groups is 1. The molecule has 1 heterocycles. The molecule has 1 aliphatic heterocycles. The standard InChI is InChI=1S/C11H20N2O3S/c1-5-16-8(14)6-13-9(17)12-10(2,3)7-11(13,4)15/h15H,5-7H2,1-4H3,(H,12,17). The first kappa shape index (κ1) is 14.2. The number of hydrogen-bond acceptors (Lipinski definition) is 4. The molecule has 17 heavy (non-hydrogen) atoms. The smallest absolute Gasteiger partial charge is 0.325 e. The Hall–Kier alpha value is -0.880. The molecule has 0 aromatic rings. The van der Waals surface area contributed by atoms with Crippen molar-refractivity contribution in [2.75, 3.05) is 13.2 Å². The van der Waals surface area contributed by atoms with E-state index in [1.54, 1.807) is 13.8 Å². The van der Waals surface area contributed by atoms with Crippen molar-refractivity contribution in [2.24, 2.45) is 0 Å². The molecule has 0 spiro atoms. The van der Waals surface area contributed by atoms with E-state index in [9.17, 15) is 9.90 Å². The van der Waals surface area contributed by atoms with Crippen molar-refractivity contribution in [3.05, 3.63) is 0 Å². The molecule has 0 saturated carbocycles. The Bertz CT molecular complexity index is 329. The molecular formula is C11H20N2O3S. The van der Waals surface area contributed by atoms with Crippen LogP contribution in [0.2, 0.25) is 0 Å². The SMILES string of the molecule is CCOC(=O)CN1C(=S)NC(C)(C)CC1(C)O. The summed E-state index contributed by atoms with van der Waals surface area (Å²) in [6.45, 7) is 7.58. The Morgan fingerprint density at radius 2 is 2.18 bits per heavy atom. The van der Waals surface area contributed by atoms with Crippen LogP contribution in [0, 0.1) is 0 Å². The summed E-state index contributed by atoms with van der Waals surface area (Å²) in [5, 5.41) is 13.8. The summed E-state index contributed by atoms with van der Waals surface area (Å²) in [6, 6.07) is 0. The first-order valence-corrected chi connectivity index (χ1v) is 6.06. The lowest BCUT2D eigenvalue weighted by Crippen LogP contribution is -2.67. The average molecular weight is 260 g/mol. The highest BCUT2D eigenvalue weighted by atomic mass is 32.1. The molecule has 2 N–H and O–H groups in total. The summed E-state index contributed by atoms with van der Waals surface area (Å²) in [5.41, 5.74) is -1.43. The predicted octanol–water partition coefficient (Wildman–Crippen LogP) is 0.617. The number of esters is 1. The van der Waals surface area contributed by atoms with Crippen molar-refractivity contribution in [1.82, 2.24) is 10.2 Å². The second kappa shape index (κ2) is 4.78. The van der Waals surface area contributed by atoms with Crippen molar-refractivity contribution < 1.29 is 14.6 Å². The van der Waals surface area contributed by atoms with E-state index in [0.29, 0.717) is 18.1 Å². The van der Waals surface area contributed by atoms with Gasteiger partial charge in [0.1, 0.15) is 12.3 Å². The van der Waals surface area contributed by atoms with E-state index < -0.39 is 11.7 Å². The molecule has 0 aliphatic carbocycles. The zero-order valence-electron chi connectivity index (χ0n) is 10.7. The average Bonchev–Trinajstić information content (AvgIpc) is 2.09. The molecule has 98 valence electrons. The fourth-order valence-electron chi connectivity index (χ4n) is 2.13. The third kappa shape index (κ3) is 3.54. The summed E-state index contributed by atoms with van der Waals surface area (Å²) < 4.78 is 4.86. The molecule has 0 bridgehead atoms. The predicted molar refractivity (Wildman–Crippen MR) is 68.4 cm³/mol. The second-order valence-corrected chi connectivity index (χ2v) is 5.49. The Kier molecular flexibility index (Phi) is 3.99. The van der Waals surface area contributed by atoms with Gasteiger partial charge >= 0.3 is 5.97 Å². The lowest BCUT2D eigenvalue weighted by Gasteiger charge is -2.49. The van der Waals surface area contributed by atoms with Gasteiger partial charge in [0.25, 0.3) is 0 Å². The van der Waals surface area contributed by atoms with Crippen LogP contribution in [0.4, 0.5) is 0 Å². The van der Waals surface area contributed by atoms with Crippen LogP contribution >= 0.6 is 12.2 Å². The highest BCUT2D eigenvalue weighted by Crippen LogP contribution is 2.28. The highest BCUT2D eigenvalue weighted by Gasteiger charge is 2.43. The third-order valence-electron chi connectivity index (χ3n) is 2.64. The minimum atomic E-state index is -1.14. The number of nitrogens with one attached hydrogen (secondary N) is 1. The molecule has 1 fully saturated rings. The fraction of sp³-hybridized carbons (Fsp3) is 0.818. The normalized spacial score (nSPS) is 27.6. The zero-order chi connectivity index (χ0) is 13.3. The molecule has 5 nitrogen and oxygen atoms in total. The second-order valence-electron chi connectivity index (χ2n) is 5.10. The number of nitrogens with zero attached hydrogens (tertiary/aromatic N) is 1. The summed E-state index contributed by atoms with van der Waals surface area (Å²) >= 11 is 5.17. The zero-order valence-corrected chi connectivity index (χ0v) is 11.6. The number of rotatable bonds is 3. The lowest BCUT2D eigenvalue weighted by atomic mass is 9.90. The minimum absolute atomic E-state index is 0.0389. The van der Waals surface area contributed by atoms with Crippen LogP contribution in [0.25, 0.3) is 0 Å². The van der Waals surface area contributed by atoms with Gasteiger partial charge in [-0.05, 0) is 39.9 Å². The maximum atomic E-state index is 11.4. The fourth-order valence-corrected chi connectivity index (χ4v) is 2.67. The molecule has 0 amide bonds. The van der Waals surface area contributed by atoms with Gasteiger partial charge in [0.2, 0.25) is 0 Å². The summed E-state index contributed by atoms with van der Waals surface area (Å²) in [4.78, 5) is 12.9. The number of carbonyl (C=O) groups is 1. The molecule has 1 saturated heterocycles. The van der Waals surface area contributed by atoms with E-state index in [0.717, 1.165) is 0 Å². The monoisotopic (exact) mass is 260 g/mol. The number of hydrogen-bond donors (Lipinski definition) is 2. The van der Waals surface area contributed by atoms with Gasteiger partial charge < -0.3 is 20.1 Å². The summed E-state index contributed by atoms with van der Waals surface area (Å²) in [7, 11) is 0. The largest absolute Gasteiger partial charge is 0.465 e. The van der Waals surface area contributed by atoms with Gasteiger partial charge in [-0.15, -0.1) is 0 Å².